The molecule has 3 rings (SSSR count). The Hall–Kier alpha value is -0.850. The van der Waals surface area contributed by atoms with Crippen LogP contribution >= 0.6 is 0 Å². The predicted octanol–water partition coefficient (Wildman–Crippen LogP) is -4.14. The molecule has 3 fully saturated rings. The van der Waals surface area contributed by atoms with Crippen LogP contribution in [0.4, 0.5) is 0 Å². The Balaban J connectivity index is 1.92. The van der Waals surface area contributed by atoms with Crippen molar-refractivity contribution in [2.75, 3.05) is 13.7 Å². The minimum absolute atomic E-state index is 0.131. The Bertz CT molecular complexity index is 457. The predicted molar refractivity (Wildman–Crippen MR) is 64.3 cm³/mol. The molecule has 1 unspecified atom stereocenters. The number of hydrogen-bond donors (Lipinski definition) is 5. The molecule has 3 heterocycles. The van der Waals surface area contributed by atoms with Gasteiger partial charge in [-0.25, -0.2) is 4.79 Å². The van der Waals surface area contributed by atoms with E-state index in [-0.39, 0.29) is 6.61 Å². The molecule has 0 aromatic rings. The highest BCUT2D eigenvalue weighted by atomic mass is 16.7. The van der Waals surface area contributed by atoms with Crippen molar-refractivity contribution in [3.05, 3.63) is 0 Å². The van der Waals surface area contributed by atoms with Crippen LogP contribution in [0.5, 0.6) is 0 Å². The zero-order valence-electron chi connectivity index (χ0n) is 11.6. The smallest absolute Gasteiger partial charge is 0.337 e. The fourth-order valence-corrected chi connectivity index (χ4v) is 3.13. The normalized spacial score (nSPS) is 54.5. The Labute approximate surface area is 124 Å². The third-order valence-corrected chi connectivity index (χ3v) is 4.33. The topological polar surface area (TPSA) is 155 Å². The molecule has 0 bridgehead atoms. The average Bonchev–Trinajstić information content (AvgIpc) is 2.85. The van der Waals surface area contributed by atoms with E-state index >= 15 is 0 Å². The highest BCUT2D eigenvalue weighted by molar-refractivity contribution is 5.75. The summed E-state index contributed by atoms with van der Waals surface area (Å²) >= 11 is 0. The lowest BCUT2D eigenvalue weighted by atomic mass is 9.83. The molecule has 3 aliphatic heterocycles. The third-order valence-electron chi connectivity index (χ3n) is 4.33. The molecule has 10 nitrogen and oxygen atoms in total. The lowest BCUT2D eigenvalue weighted by Crippen LogP contribution is -2.76. The van der Waals surface area contributed by atoms with Crippen molar-refractivity contribution in [1.29, 1.82) is 0 Å². The first-order valence-electron chi connectivity index (χ1n) is 6.78. The quantitative estimate of drug-likeness (QED) is 0.300. The molecule has 0 aromatic heterocycles. The molecule has 0 saturated carbocycles. The molecule has 9 atom stereocenters. The van der Waals surface area contributed by atoms with Crippen molar-refractivity contribution in [2.24, 2.45) is 0 Å². The second-order valence-corrected chi connectivity index (χ2v) is 5.63. The first kappa shape index (κ1) is 16.0. The van der Waals surface area contributed by atoms with Crippen LogP contribution in [-0.4, -0.2) is 99.8 Å². The van der Waals surface area contributed by atoms with E-state index in [0.29, 0.717) is 0 Å². The van der Waals surface area contributed by atoms with E-state index in [1.807, 2.05) is 0 Å². The van der Waals surface area contributed by atoms with Crippen LogP contribution in [0.2, 0.25) is 0 Å². The van der Waals surface area contributed by atoms with Crippen LogP contribution < -0.4 is 0 Å². The number of hydrogen-bond acceptors (Lipinski definition) is 10. The van der Waals surface area contributed by atoms with Crippen molar-refractivity contribution in [3.8, 4) is 0 Å². The molecular weight excluding hydrogens is 304 g/mol. The standard InChI is InChI=1S/C12H18O10/c1-19-11(17)8-4(14)9(16)12(18)10(21-8)5(15)7-6(22-12)3(13)2-20-7/h3-10,13-16,18H,2H2,1H3/t3-,4+,5?,6+,7+,8-,9-,10+,12+/m0/s1. The molecule has 0 aromatic carbocycles. The maximum absolute atomic E-state index is 11.6. The van der Waals surface area contributed by atoms with Gasteiger partial charge < -0.3 is 44.5 Å². The Morgan fingerprint density at radius 3 is 2.50 bits per heavy atom. The van der Waals surface area contributed by atoms with E-state index < -0.39 is 60.6 Å². The molecule has 3 aliphatic rings. The lowest BCUT2D eigenvalue weighted by molar-refractivity contribution is -0.414. The van der Waals surface area contributed by atoms with Crippen molar-refractivity contribution in [3.63, 3.8) is 0 Å². The maximum Gasteiger partial charge on any atom is 0.337 e. The molecule has 0 aliphatic carbocycles. The lowest BCUT2D eigenvalue weighted by Gasteiger charge is -2.53. The molecule has 0 amide bonds. The first-order chi connectivity index (χ1) is 10.3. The minimum atomic E-state index is -2.50. The monoisotopic (exact) mass is 322 g/mol. The van der Waals surface area contributed by atoms with Gasteiger partial charge in [-0.05, 0) is 0 Å². The van der Waals surface area contributed by atoms with Crippen LogP contribution in [-0.2, 0) is 23.7 Å². The summed E-state index contributed by atoms with van der Waals surface area (Å²) in [7, 11) is 1.06. The number of ether oxygens (including phenoxy) is 4. The molecule has 5 N–H and O–H groups in total. The van der Waals surface area contributed by atoms with Gasteiger partial charge in [-0.1, -0.05) is 0 Å². The fraction of sp³-hybridized carbons (Fsp3) is 0.917. The van der Waals surface area contributed by atoms with Gasteiger partial charge in [-0.15, -0.1) is 0 Å². The summed E-state index contributed by atoms with van der Waals surface area (Å²) in [5, 5.41) is 50.6. The molecule has 22 heavy (non-hydrogen) atoms. The highest BCUT2D eigenvalue weighted by Crippen LogP contribution is 2.42. The van der Waals surface area contributed by atoms with Crippen LogP contribution in [0.15, 0.2) is 0 Å². The first-order valence-corrected chi connectivity index (χ1v) is 6.78. The number of fused-ring (bicyclic) bond motifs is 2. The van der Waals surface area contributed by atoms with E-state index in [2.05, 4.69) is 4.74 Å². The Morgan fingerprint density at radius 1 is 1.18 bits per heavy atom. The number of aliphatic hydroxyl groups excluding tert-OH is 4. The molecular formula is C12H18O10. The number of carbonyl (C=O) groups excluding carboxylic acids is 1. The highest BCUT2D eigenvalue weighted by Gasteiger charge is 2.67. The van der Waals surface area contributed by atoms with Crippen molar-refractivity contribution in [2.45, 2.75) is 54.6 Å². The van der Waals surface area contributed by atoms with Gasteiger partial charge >= 0.3 is 5.97 Å². The summed E-state index contributed by atoms with van der Waals surface area (Å²) in [6.07, 6.45) is -11.7. The van der Waals surface area contributed by atoms with Gasteiger partial charge in [0.25, 0.3) is 0 Å². The van der Waals surface area contributed by atoms with Crippen LogP contribution in [0, 0.1) is 0 Å². The molecule has 0 radical (unpaired) electrons. The van der Waals surface area contributed by atoms with E-state index in [1.54, 1.807) is 0 Å². The third kappa shape index (κ3) is 2.07. The van der Waals surface area contributed by atoms with E-state index in [1.165, 1.54) is 0 Å². The zero-order valence-corrected chi connectivity index (χ0v) is 11.6. The second kappa shape index (κ2) is 5.35. The number of methoxy groups -OCH3 is 1. The van der Waals surface area contributed by atoms with Crippen molar-refractivity contribution >= 4 is 5.97 Å². The Kier molecular flexibility index (Phi) is 3.90. The fourth-order valence-electron chi connectivity index (χ4n) is 3.13. The van der Waals surface area contributed by atoms with Gasteiger partial charge in [0.2, 0.25) is 5.79 Å². The van der Waals surface area contributed by atoms with Gasteiger partial charge in [0, 0.05) is 0 Å². The number of aliphatic hydroxyl groups is 5. The van der Waals surface area contributed by atoms with E-state index in [0.717, 1.165) is 7.11 Å². The van der Waals surface area contributed by atoms with Gasteiger partial charge in [0.05, 0.1) is 13.7 Å². The molecule has 0 spiro atoms. The van der Waals surface area contributed by atoms with Gasteiger partial charge in [0.15, 0.2) is 6.10 Å². The second-order valence-electron chi connectivity index (χ2n) is 5.63. The number of carbonyl (C=O) groups is 1. The summed E-state index contributed by atoms with van der Waals surface area (Å²) in [6, 6.07) is 0. The minimum Gasteiger partial charge on any atom is -0.467 e. The summed E-state index contributed by atoms with van der Waals surface area (Å²) in [4.78, 5) is 11.6. The molecule has 10 heteroatoms. The summed E-state index contributed by atoms with van der Waals surface area (Å²) in [6.45, 7) is -0.131. The van der Waals surface area contributed by atoms with Crippen molar-refractivity contribution in [1.82, 2.24) is 0 Å². The molecule has 126 valence electrons. The Morgan fingerprint density at radius 2 is 1.86 bits per heavy atom. The number of rotatable bonds is 1. The number of esters is 1. The van der Waals surface area contributed by atoms with Gasteiger partial charge in [0.1, 0.15) is 42.7 Å². The zero-order chi connectivity index (χ0) is 16.2. The van der Waals surface area contributed by atoms with Crippen LogP contribution in [0.25, 0.3) is 0 Å². The average molecular weight is 322 g/mol. The molecule has 3 saturated heterocycles. The van der Waals surface area contributed by atoms with E-state index in [9.17, 15) is 30.3 Å². The van der Waals surface area contributed by atoms with E-state index in [4.69, 9.17) is 14.2 Å². The summed E-state index contributed by atoms with van der Waals surface area (Å²) < 4.78 is 20.1. The van der Waals surface area contributed by atoms with Gasteiger partial charge in [-0.2, -0.15) is 0 Å². The van der Waals surface area contributed by atoms with Crippen LogP contribution in [0.3, 0.4) is 0 Å². The van der Waals surface area contributed by atoms with Gasteiger partial charge in [-0.3, -0.25) is 0 Å². The van der Waals surface area contributed by atoms with Crippen molar-refractivity contribution < 1.29 is 49.3 Å². The summed E-state index contributed by atoms with van der Waals surface area (Å²) in [5.41, 5.74) is 0. The van der Waals surface area contributed by atoms with Crippen LogP contribution in [0.1, 0.15) is 0 Å². The summed E-state index contributed by atoms with van der Waals surface area (Å²) in [5.74, 6) is -3.48. The maximum atomic E-state index is 11.6. The largest absolute Gasteiger partial charge is 0.467 e. The SMILES string of the molecule is COC(=O)[C@H]1O[C@@H]2C(O)[C@H]3OC[C@H](O)[C@H]3O[C@]2(O)[C@@H](O)[C@@H]1O.